The first-order valence-electron chi connectivity index (χ1n) is 8.53. The minimum absolute atomic E-state index is 0.178. The van der Waals surface area contributed by atoms with Gasteiger partial charge in [0.15, 0.2) is 6.23 Å². The van der Waals surface area contributed by atoms with Crippen molar-refractivity contribution in [2.24, 2.45) is 7.05 Å². The van der Waals surface area contributed by atoms with Gasteiger partial charge >= 0.3 is 6.03 Å². The first-order valence-corrected chi connectivity index (χ1v) is 8.53. The molecule has 2 aromatic heterocycles. The molecule has 0 saturated carbocycles. The Morgan fingerprint density at radius 1 is 1.30 bits per heavy atom. The van der Waals surface area contributed by atoms with E-state index in [1.165, 1.54) is 0 Å². The van der Waals surface area contributed by atoms with E-state index in [9.17, 15) is 4.79 Å². The summed E-state index contributed by atoms with van der Waals surface area (Å²) in [6.45, 7) is 2.42. The van der Waals surface area contributed by atoms with E-state index >= 15 is 0 Å². The van der Waals surface area contributed by atoms with Crippen molar-refractivity contribution >= 4 is 11.8 Å². The van der Waals surface area contributed by atoms with Crippen molar-refractivity contribution in [1.82, 2.24) is 24.9 Å². The zero-order chi connectivity index (χ0) is 18.8. The van der Waals surface area contributed by atoms with Crippen LogP contribution >= 0.6 is 0 Å². The van der Waals surface area contributed by atoms with Gasteiger partial charge in [0.1, 0.15) is 18.3 Å². The largest absolute Gasteiger partial charge is 0.351 e. The average Bonchev–Trinajstić information content (AvgIpc) is 3.39. The van der Waals surface area contributed by atoms with E-state index in [-0.39, 0.29) is 12.8 Å². The molecule has 0 bridgehead atoms. The highest BCUT2D eigenvalue weighted by Gasteiger charge is 2.22. The van der Waals surface area contributed by atoms with Crippen molar-refractivity contribution in [2.75, 3.05) is 18.7 Å². The van der Waals surface area contributed by atoms with Crippen molar-refractivity contribution in [3.63, 3.8) is 0 Å². The molecule has 2 N–H and O–H groups in total. The molecule has 27 heavy (non-hydrogen) atoms. The molecule has 9 heteroatoms. The van der Waals surface area contributed by atoms with E-state index in [0.29, 0.717) is 12.4 Å². The molecule has 0 unspecified atom stereocenters. The van der Waals surface area contributed by atoms with E-state index in [2.05, 4.69) is 15.7 Å². The van der Waals surface area contributed by atoms with Crippen LogP contribution in [0.2, 0.25) is 0 Å². The number of rotatable bonds is 4. The number of aromatic nitrogens is 4. The highest BCUT2D eigenvalue weighted by atomic mass is 16.7. The van der Waals surface area contributed by atoms with Gasteiger partial charge in [-0.25, -0.2) is 9.48 Å². The number of carbonyl (C=O) groups is 1. The molecule has 1 atom stereocenters. The normalized spacial score (nSPS) is 16.4. The number of carbonyl (C=O) groups excluding carboxylic acids is 1. The number of aryl methyl sites for hydroxylation is 1. The quantitative estimate of drug-likeness (QED) is 0.735. The van der Waals surface area contributed by atoms with E-state index in [1.54, 1.807) is 15.6 Å². The van der Waals surface area contributed by atoms with Gasteiger partial charge in [-0.15, -0.1) is 0 Å². The summed E-state index contributed by atoms with van der Waals surface area (Å²) in [6.07, 6.45) is 3.17. The second-order valence-electron chi connectivity index (χ2n) is 6.21. The Morgan fingerprint density at radius 2 is 2.11 bits per heavy atom. The Bertz CT molecular complexity index is 943. The van der Waals surface area contributed by atoms with Crippen LogP contribution in [0.25, 0.3) is 16.9 Å². The van der Waals surface area contributed by atoms with Crippen molar-refractivity contribution in [3.05, 3.63) is 48.3 Å². The zero-order valence-electron chi connectivity index (χ0n) is 15.0. The van der Waals surface area contributed by atoms with Gasteiger partial charge in [-0.3, -0.25) is 10.00 Å². The fourth-order valence-corrected chi connectivity index (χ4v) is 2.92. The van der Waals surface area contributed by atoms with Crippen LogP contribution in [0.1, 0.15) is 5.56 Å². The molecule has 0 aliphatic carbocycles. The lowest BCUT2D eigenvalue weighted by Crippen LogP contribution is -2.39. The number of urea groups is 1. The van der Waals surface area contributed by atoms with Crippen LogP contribution in [0.5, 0.6) is 0 Å². The maximum absolute atomic E-state index is 12.4. The minimum Gasteiger partial charge on any atom is -0.351 e. The van der Waals surface area contributed by atoms with E-state index < -0.39 is 6.23 Å². The molecular formula is C18H20N6O3. The molecular weight excluding hydrogens is 348 g/mol. The van der Waals surface area contributed by atoms with Gasteiger partial charge in [-0.1, -0.05) is 18.2 Å². The number of amides is 2. The smallest absolute Gasteiger partial charge is 0.322 e. The van der Waals surface area contributed by atoms with E-state index in [0.717, 1.165) is 22.5 Å². The molecule has 1 fully saturated rings. The van der Waals surface area contributed by atoms with Gasteiger partial charge in [0.25, 0.3) is 0 Å². The summed E-state index contributed by atoms with van der Waals surface area (Å²) in [5.74, 6) is 0.580. The number of benzene rings is 1. The predicted octanol–water partition coefficient (Wildman–Crippen LogP) is 2.03. The molecule has 3 heterocycles. The summed E-state index contributed by atoms with van der Waals surface area (Å²) in [6, 6.07) is 9.24. The standard InChI is InChI=1S/C18H20N6O3/c1-12-16(13-8-19-23(2)9-13)22-24(14-6-4-3-5-7-14)17(12)21-18(25)20-15-10-26-11-27-15/h3-9,15H,10-11H2,1-2H3,(H2,20,21,25)/t15-/m1/s1. The number of para-hydroxylation sites is 1. The Kier molecular flexibility index (Phi) is 4.61. The summed E-state index contributed by atoms with van der Waals surface area (Å²) in [5, 5.41) is 14.5. The van der Waals surface area contributed by atoms with Crippen molar-refractivity contribution < 1.29 is 14.3 Å². The SMILES string of the molecule is Cc1c(-c2cnn(C)c2)nn(-c2ccccc2)c1NC(=O)N[C@H]1COCO1. The first-order chi connectivity index (χ1) is 13.1. The second-order valence-corrected chi connectivity index (χ2v) is 6.21. The van der Waals surface area contributed by atoms with Gasteiger partial charge in [0.2, 0.25) is 0 Å². The van der Waals surface area contributed by atoms with E-state index in [4.69, 9.17) is 14.6 Å². The fourth-order valence-electron chi connectivity index (χ4n) is 2.92. The third-order valence-electron chi connectivity index (χ3n) is 4.25. The van der Waals surface area contributed by atoms with Gasteiger partial charge in [-0.05, 0) is 19.1 Å². The van der Waals surface area contributed by atoms with Crippen LogP contribution < -0.4 is 10.6 Å². The van der Waals surface area contributed by atoms with E-state index in [1.807, 2.05) is 50.5 Å². The number of nitrogens with one attached hydrogen (secondary N) is 2. The monoisotopic (exact) mass is 368 g/mol. The van der Waals surface area contributed by atoms with Crippen molar-refractivity contribution in [2.45, 2.75) is 13.2 Å². The summed E-state index contributed by atoms with van der Waals surface area (Å²) >= 11 is 0. The maximum atomic E-state index is 12.4. The molecule has 0 radical (unpaired) electrons. The molecule has 1 aliphatic heterocycles. The third-order valence-corrected chi connectivity index (χ3v) is 4.25. The number of hydrogen-bond donors (Lipinski definition) is 2. The second kappa shape index (κ2) is 7.22. The number of nitrogens with zero attached hydrogens (tertiary/aromatic N) is 4. The molecule has 9 nitrogen and oxygen atoms in total. The highest BCUT2D eigenvalue weighted by molar-refractivity contribution is 5.91. The van der Waals surface area contributed by atoms with Crippen LogP contribution in [0, 0.1) is 6.92 Å². The summed E-state index contributed by atoms with van der Waals surface area (Å²) in [4.78, 5) is 12.4. The number of anilines is 1. The third kappa shape index (κ3) is 3.55. The van der Waals surface area contributed by atoms with Crippen molar-refractivity contribution in [3.8, 4) is 16.9 Å². The highest BCUT2D eigenvalue weighted by Crippen LogP contribution is 2.30. The molecule has 0 spiro atoms. The van der Waals surface area contributed by atoms with Crippen LogP contribution in [0.4, 0.5) is 10.6 Å². The molecule has 140 valence electrons. The lowest BCUT2D eigenvalue weighted by atomic mass is 10.1. The lowest BCUT2D eigenvalue weighted by molar-refractivity contribution is 0.0411. The maximum Gasteiger partial charge on any atom is 0.322 e. The van der Waals surface area contributed by atoms with Crippen molar-refractivity contribution in [1.29, 1.82) is 0 Å². The first kappa shape index (κ1) is 17.3. The van der Waals surface area contributed by atoms with Crippen LogP contribution in [0.3, 0.4) is 0 Å². The number of ether oxygens (including phenoxy) is 2. The molecule has 2 amide bonds. The Hall–Kier alpha value is -3.17. The average molecular weight is 368 g/mol. The molecule has 3 aromatic rings. The lowest BCUT2D eigenvalue weighted by Gasteiger charge is -2.13. The fraction of sp³-hybridized carbons (Fsp3) is 0.278. The molecule has 4 rings (SSSR count). The Balaban J connectivity index is 1.69. The van der Waals surface area contributed by atoms with Gasteiger partial charge < -0.3 is 14.8 Å². The van der Waals surface area contributed by atoms with Gasteiger partial charge in [0.05, 0.1) is 18.5 Å². The van der Waals surface area contributed by atoms with Crippen LogP contribution in [-0.4, -0.2) is 45.2 Å². The van der Waals surface area contributed by atoms with Gasteiger partial charge in [-0.2, -0.15) is 10.2 Å². The minimum atomic E-state index is -0.462. The number of hydrogen-bond acceptors (Lipinski definition) is 5. The summed E-state index contributed by atoms with van der Waals surface area (Å²) in [7, 11) is 1.85. The summed E-state index contributed by atoms with van der Waals surface area (Å²) in [5.41, 5.74) is 3.31. The Labute approximate surface area is 155 Å². The van der Waals surface area contributed by atoms with Crippen LogP contribution in [-0.2, 0) is 16.5 Å². The van der Waals surface area contributed by atoms with Gasteiger partial charge in [0, 0.05) is 24.4 Å². The molecule has 1 saturated heterocycles. The summed E-state index contributed by atoms with van der Waals surface area (Å²) < 4.78 is 13.8. The Morgan fingerprint density at radius 3 is 2.78 bits per heavy atom. The predicted molar refractivity (Wildman–Crippen MR) is 98.3 cm³/mol. The topological polar surface area (TPSA) is 95.2 Å². The van der Waals surface area contributed by atoms with Crippen LogP contribution in [0.15, 0.2) is 42.7 Å². The molecule has 1 aromatic carbocycles. The molecule has 1 aliphatic rings. The zero-order valence-corrected chi connectivity index (χ0v) is 15.0.